The van der Waals surface area contributed by atoms with Gasteiger partial charge in [-0.2, -0.15) is 0 Å². The predicted molar refractivity (Wildman–Crippen MR) is 311 cm³/mol. The molecule has 8 heterocycles. The van der Waals surface area contributed by atoms with Crippen molar-refractivity contribution in [3.05, 3.63) is 68.8 Å². The Morgan fingerprint density at radius 2 is 1.46 bits per heavy atom. The number of hydrazine groups is 1. The van der Waals surface area contributed by atoms with E-state index in [1.54, 1.807) is 6.07 Å². The number of nitrogens with two attached hydrogens (primary N) is 2. The van der Waals surface area contributed by atoms with E-state index in [9.17, 15) is 48.3 Å². The number of hydrogen-bond donors (Lipinski definition) is 9. The van der Waals surface area contributed by atoms with E-state index in [1.807, 2.05) is 32.9 Å². The average molecular weight is 1270 g/mol. The van der Waals surface area contributed by atoms with Crippen LogP contribution in [-0.2, 0) is 60.3 Å². The van der Waals surface area contributed by atoms with Gasteiger partial charge in [0.25, 0.3) is 0 Å². The molecule has 5 aliphatic rings. The number of rotatable bonds is 10. The number of piperazine rings is 1. The number of methoxy groups -OCH3 is 1. The van der Waals surface area contributed by atoms with Crippen LogP contribution < -0.4 is 53.6 Å². The third-order valence-electron chi connectivity index (χ3n) is 16.2. The number of ether oxygens (including phenoxy) is 1. The number of aliphatic carboxylic acids is 1. The summed E-state index contributed by atoms with van der Waals surface area (Å²) >= 11 is 0. The van der Waals surface area contributed by atoms with Gasteiger partial charge in [0, 0.05) is 110 Å². The van der Waals surface area contributed by atoms with Gasteiger partial charge >= 0.3 is 38.4 Å². The van der Waals surface area contributed by atoms with E-state index in [-0.39, 0.29) is 100 Å². The number of amides is 5. The van der Waals surface area contributed by atoms with Crippen molar-refractivity contribution >= 4 is 81.1 Å². The first kappa shape index (κ1) is 66.7. The van der Waals surface area contributed by atoms with Crippen molar-refractivity contribution < 1.29 is 73.4 Å². The molecule has 462 valence electrons. The fraction of sp³-hybridized carbons (Fsp3) is 0.552. The number of nitrogens with one attached hydrogen (secondary N) is 6. The zero-order valence-corrected chi connectivity index (χ0v) is 50.8. The Hall–Kier alpha value is -7.44. The van der Waals surface area contributed by atoms with Gasteiger partial charge in [-0.15, -0.1) is 22.1 Å². The monoisotopic (exact) mass is 1270 g/mol. The van der Waals surface area contributed by atoms with E-state index >= 15 is 0 Å². The minimum absolute atomic E-state index is 0. The molecule has 0 aliphatic carbocycles. The molecule has 8 rings (SSSR count). The quantitative estimate of drug-likeness (QED) is 0.0265. The fourth-order valence-electron chi connectivity index (χ4n) is 11.5. The Bertz CT molecular complexity index is 3220. The number of Topliss-reactive ketones (excluding diaryl/α,β-unsaturated/α-hetero) is 3. The maximum atomic E-state index is 14.9. The first-order chi connectivity index (χ1) is 40.1. The second-order valence-electron chi connectivity index (χ2n) is 22.0. The largest absolute Gasteiger partial charge is 2.00 e. The molecule has 26 nitrogen and oxygen atoms in total. The zero-order valence-electron chi connectivity index (χ0n) is 49.3. The molecular weight excluding hydrogens is 1190 g/mol. The normalized spacial score (nSPS) is 23.4. The number of aliphatic imine (C=N–C) groups is 1. The number of ketones is 3. The van der Waals surface area contributed by atoms with E-state index in [2.05, 4.69) is 60.8 Å². The molecule has 0 saturated carbocycles. The number of carboxylic acids is 1. The summed E-state index contributed by atoms with van der Waals surface area (Å²) in [6, 6.07) is 1.74. The van der Waals surface area contributed by atoms with Crippen molar-refractivity contribution in [3.8, 4) is 0 Å². The Morgan fingerprint density at radius 1 is 0.824 bits per heavy atom. The second-order valence-corrected chi connectivity index (χ2v) is 22.0. The molecule has 3 aromatic heterocycles. The molecule has 2 unspecified atom stereocenters. The number of aryl methyl sites for hydroxylation is 2. The van der Waals surface area contributed by atoms with Crippen molar-refractivity contribution in [2.75, 3.05) is 72.6 Å². The molecule has 85 heavy (non-hydrogen) atoms. The van der Waals surface area contributed by atoms with E-state index in [1.165, 1.54) is 14.0 Å². The Labute approximate surface area is 507 Å². The number of carbonyl (C=O) groups excluding carboxylic acids is 8. The number of hydrogen-bond acceptors (Lipinski definition) is 16. The summed E-state index contributed by atoms with van der Waals surface area (Å²) < 4.78 is 5.31. The fourth-order valence-corrected chi connectivity index (χ4v) is 11.5. The number of esters is 1. The number of nitrogens with zero attached hydrogens (tertiary/aromatic N) is 7. The van der Waals surface area contributed by atoms with Crippen LogP contribution in [0.3, 0.4) is 0 Å². The standard InChI is InChI=1S/C58H81N15O11.Pd/c1-8-35-30(2)39-27-44-50(34(6)74)32(4)41(66-44)25-40-31(3)36-13-14-47(76)71-70-38(12-9-15-62-57(59)60)55(81)64-29-46(75)54(80)45(28-48(77)78)69-58(83)63-17-11-19-73-22-20-72(21-23-73)18-10-16-61-56(82)51-33(5)42(26-43(35)65-39)68-53(51)37(52(36)67-40)24-49(79)84-7;/h25-27,30-31,35-36,38,45H,8-24,28-29H2,1-7H3,(H13,59,60,61,62,63,64,65,66,67,68,69,70,71,74,75,76,77,78,80,81,82,83);/q;+2/p-2/t30?,31?,35-,36+,38+,45+;/m1./s1. The van der Waals surface area contributed by atoms with Gasteiger partial charge in [0.2, 0.25) is 29.3 Å². The third-order valence-corrected chi connectivity index (χ3v) is 16.2. The van der Waals surface area contributed by atoms with Crippen molar-refractivity contribution in [3.63, 3.8) is 0 Å². The van der Waals surface area contributed by atoms with Crippen LogP contribution >= 0.6 is 0 Å². The summed E-state index contributed by atoms with van der Waals surface area (Å²) in [5.74, 6) is -7.89. The minimum atomic E-state index is -1.74. The molecule has 0 spiro atoms. The molecule has 1 saturated heterocycles. The van der Waals surface area contributed by atoms with Crippen molar-refractivity contribution in [1.29, 1.82) is 0 Å². The smallest absolute Gasteiger partial charge is 0.657 e. The molecule has 6 atom stereocenters. The Morgan fingerprint density at radius 3 is 2.09 bits per heavy atom. The summed E-state index contributed by atoms with van der Waals surface area (Å²) in [6.07, 6.45) is 0.746. The Kier molecular flexibility index (Phi) is 24.0. The van der Waals surface area contributed by atoms with Crippen LogP contribution in [0.25, 0.3) is 22.1 Å². The number of fused-ring (bicyclic) bond motifs is 29. The topological polar surface area (TPSA) is 380 Å². The molecule has 11 N–H and O–H groups in total. The molecule has 1 fully saturated rings. The van der Waals surface area contributed by atoms with Gasteiger partial charge in [-0.05, 0) is 77.9 Å². The molecular formula is C58H79N15O11Pd. The second kappa shape index (κ2) is 30.6. The van der Waals surface area contributed by atoms with E-state index in [0.717, 1.165) is 44.0 Å². The maximum Gasteiger partial charge on any atom is 2.00 e. The van der Waals surface area contributed by atoms with Crippen LogP contribution in [0.5, 0.6) is 0 Å². The van der Waals surface area contributed by atoms with Crippen LogP contribution in [0.4, 0.5) is 4.79 Å². The summed E-state index contributed by atoms with van der Waals surface area (Å²) in [6.45, 7) is 15.3. The molecule has 5 amide bonds. The molecule has 0 radical (unpaired) electrons. The van der Waals surface area contributed by atoms with Crippen molar-refractivity contribution in [1.82, 2.24) is 61.9 Å². The molecule has 5 aliphatic heterocycles. The van der Waals surface area contributed by atoms with Crippen LogP contribution in [0.1, 0.15) is 163 Å². The third kappa shape index (κ3) is 16.9. The molecule has 27 heteroatoms. The summed E-state index contributed by atoms with van der Waals surface area (Å²) in [5.41, 5.74) is 22.6. The van der Waals surface area contributed by atoms with Crippen LogP contribution in [0.15, 0.2) is 23.2 Å². The van der Waals surface area contributed by atoms with Crippen LogP contribution in [0, 0.1) is 13.8 Å². The minimum Gasteiger partial charge on any atom is -0.657 e. The Balaban J connectivity index is 0.0000116. The van der Waals surface area contributed by atoms with Crippen molar-refractivity contribution in [2.24, 2.45) is 16.5 Å². The summed E-state index contributed by atoms with van der Waals surface area (Å²) in [7, 11) is 1.26. The average Bonchev–Trinajstić information content (AvgIpc) is 2.90. The number of aromatic nitrogens is 4. The molecule has 0 aromatic carbocycles. The van der Waals surface area contributed by atoms with E-state index in [0.29, 0.717) is 82.7 Å². The van der Waals surface area contributed by atoms with Gasteiger partial charge in [0.05, 0.1) is 26.5 Å². The zero-order chi connectivity index (χ0) is 60.9. The van der Waals surface area contributed by atoms with E-state index < -0.39 is 84.1 Å². The van der Waals surface area contributed by atoms with E-state index in [4.69, 9.17) is 36.1 Å². The number of urea groups is 1. The first-order valence-electron chi connectivity index (χ1n) is 28.8. The van der Waals surface area contributed by atoms with Crippen molar-refractivity contribution in [2.45, 2.75) is 135 Å². The number of carboxylic acid groups (broad SMARTS) is 1. The SMILES string of the molecule is CC[C@H]1c2cc3[n-]c4c(CC(=O)OC)c5nc(cc6[n-]c(cc(n2)C1C)c(C(C)=O)c6C)C(C)[C@@H]5CCC(=O)NN[C@@H](CCCN=C(N)N)C(=O)NCC(=O)C(=O)[C@H](CC(=O)O)NC(=O)NCCCN1CCN(CCCNC(=O)c4c3C)CC1.[Pd+2]. The summed E-state index contributed by atoms with van der Waals surface area (Å²) in [5, 5.41) is 20.0. The van der Waals surface area contributed by atoms with Gasteiger partial charge in [0.15, 0.2) is 11.7 Å². The van der Waals surface area contributed by atoms with Crippen LogP contribution in [-0.4, -0.2) is 169 Å². The van der Waals surface area contributed by atoms with Crippen LogP contribution in [0.2, 0.25) is 0 Å². The number of guanidine groups is 1. The maximum absolute atomic E-state index is 14.9. The first-order valence-corrected chi connectivity index (χ1v) is 28.8. The molecule has 10 bridgehead atoms. The van der Waals surface area contributed by atoms with Gasteiger partial charge in [0.1, 0.15) is 12.1 Å². The summed E-state index contributed by atoms with van der Waals surface area (Å²) in [4.78, 5) is 150. The predicted octanol–water partition coefficient (Wildman–Crippen LogP) is 1.65. The van der Waals surface area contributed by atoms with Gasteiger partial charge < -0.3 is 62.3 Å². The number of carbonyl (C=O) groups is 9. The van der Waals surface area contributed by atoms with Gasteiger partial charge in [-0.1, -0.05) is 50.1 Å². The molecule has 3 aromatic rings. The van der Waals surface area contributed by atoms with Gasteiger partial charge in [-0.25, -0.2) is 10.2 Å². The van der Waals surface area contributed by atoms with Gasteiger partial charge in [-0.3, -0.25) is 58.7 Å².